The van der Waals surface area contributed by atoms with E-state index in [4.69, 9.17) is 0 Å². The minimum Gasteiger partial charge on any atom is -0.354 e. The maximum atomic E-state index is 13.0. The third-order valence-electron chi connectivity index (χ3n) is 5.60. The summed E-state index contributed by atoms with van der Waals surface area (Å²) in [6.07, 6.45) is -1.31. The quantitative estimate of drug-likeness (QED) is 0.376. The highest BCUT2D eigenvalue weighted by molar-refractivity contribution is 6.04. The van der Waals surface area contributed by atoms with Crippen molar-refractivity contribution >= 4 is 17.5 Å². The number of aromatic nitrogens is 3. The summed E-state index contributed by atoms with van der Waals surface area (Å²) in [5, 5.41) is 5.19. The molecule has 188 valence electrons. The zero-order valence-electron chi connectivity index (χ0n) is 20.1. The molecule has 0 atom stereocenters. The normalized spacial score (nSPS) is 11.2. The minimum atomic E-state index is -4.60. The SMILES string of the molecule is CNC(=O)c1cc(-c2cc(-c3cc(NC(=O)c4cncc(C(F)(F)F)c4)ccc3C)cc(C)n2)ccn1. The lowest BCUT2D eigenvalue weighted by atomic mass is 9.98. The Labute approximate surface area is 210 Å². The van der Waals surface area contributed by atoms with Crippen LogP contribution in [0.3, 0.4) is 0 Å². The van der Waals surface area contributed by atoms with Crippen LogP contribution < -0.4 is 10.6 Å². The van der Waals surface area contributed by atoms with E-state index in [1.54, 1.807) is 30.3 Å². The van der Waals surface area contributed by atoms with Crippen molar-refractivity contribution in [3.05, 3.63) is 95.2 Å². The van der Waals surface area contributed by atoms with Gasteiger partial charge in [0.15, 0.2) is 0 Å². The molecular formula is C27H22F3N5O2. The summed E-state index contributed by atoms with van der Waals surface area (Å²) in [5.74, 6) is -1.02. The van der Waals surface area contributed by atoms with Crippen molar-refractivity contribution in [1.82, 2.24) is 20.3 Å². The van der Waals surface area contributed by atoms with Crippen LogP contribution in [-0.2, 0) is 6.18 Å². The Bertz CT molecular complexity index is 1500. The highest BCUT2D eigenvalue weighted by Crippen LogP contribution is 2.31. The molecule has 4 rings (SSSR count). The van der Waals surface area contributed by atoms with Gasteiger partial charge in [-0.05, 0) is 73.0 Å². The van der Waals surface area contributed by atoms with E-state index in [2.05, 4.69) is 25.6 Å². The van der Waals surface area contributed by atoms with Crippen molar-refractivity contribution in [1.29, 1.82) is 0 Å². The first-order chi connectivity index (χ1) is 17.5. The summed E-state index contributed by atoms with van der Waals surface area (Å²) in [4.78, 5) is 36.9. The van der Waals surface area contributed by atoms with E-state index in [9.17, 15) is 22.8 Å². The highest BCUT2D eigenvalue weighted by Gasteiger charge is 2.31. The number of amides is 2. The molecule has 0 aliphatic rings. The molecule has 10 heteroatoms. The number of rotatable bonds is 5. The second-order valence-corrected chi connectivity index (χ2v) is 8.34. The lowest BCUT2D eigenvalue weighted by molar-refractivity contribution is -0.137. The van der Waals surface area contributed by atoms with Crippen molar-refractivity contribution in [3.8, 4) is 22.4 Å². The first-order valence-electron chi connectivity index (χ1n) is 11.2. The first-order valence-corrected chi connectivity index (χ1v) is 11.2. The summed E-state index contributed by atoms with van der Waals surface area (Å²) in [5.41, 5.74) is 4.06. The number of nitrogens with zero attached hydrogens (tertiary/aromatic N) is 3. The van der Waals surface area contributed by atoms with Crippen molar-refractivity contribution in [2.75, 3.05) is 12.4 Å². The molecule has 0 fully saturated rings. The molecule has 2 N–H and O–H groups in total. The molecule has 37 heavy (non-hydrogen) atoms. The molecule has 0 saturated heterocycles. The summed E-state index contributed by atoms with van der Waals surface area (Å²) in [7, 11) is 1.53. The van der Waals surface area contributed by atoms with Crippen LogP contribution >= 0.6 is 0 Å². The van der Waals surface area contributed by atoms with Crippen LogP contribution in [0.5, 0.6) is 0 Å². The fourth-order valence-corrected chi connectivity index (χ4v) is 3.75. The third kappa shape index (κ3) is 5.80. The number of carbonyl (C=O) groups excluding carboxylic acids is 2. The van der Waals surface area contributed by atoms with Gasteiger partial charge in [-0.3, -0.25) is 24.5 Å². The monoisotopic (exact) mass is 505 g/mol. The molecule has 7 nitrogen and oxygen atoms in total. The van der Waals surface area contributed by atoms with Crippen molar-refractivity contribution in [2.24, 2.45) is 0 Å². The predicted octanol–water partition coefficient (Wildman–Crippen LogP) is 5.45. The van der Waals surface area contributed by atoms with Crippen LogP contribution in [0, 0.1) is 13.8 Å². The molecule has 0 radical (unpaired) electrons. The van der Waals surface area contributed by atoms with Gasteiger partial charge in [0, 0.05) is 42.6 Å². The van der Waals surface area contributed by atoms with Gasteiger partial charge < -0.3 is 10.6 Å². The Hall–Kier alpha value is -4.60. The molecule has 0 saturated carbocycles. The number of hydrogen-bond donors (Lipinski definition) is 2. The Morgan fingerprint density at radius 2 is 1.68 bits per heavy atom. The summed E-state index contributed by atoms with van der Waals surface area (Å²) in [6, 6.07) is 13.1. The van der Waals surface area contributed by atoms with E-state index < -0.39 is 17.6 Å². The van der Waals surface area contributed by atoms with Crippen molar-refractivity contribution in [3.63, 3.8) is 0 Å². The van der Waals surface area contributed by atoms with E-state index in [-0.39, 0.29) is 17.2 Å². The van der Waals surface area contributed by atoms with Gasteiger partial charge in [-0.15, -0.1) is 0 Å². The Balaban J connectivity index is 1.67. The molecule has 0 aliphatic heterocycles. The number of pyridine rings is 3. The molecule has 3 heterocycles. The van der Waals surface area contributed by atoms with Gasteiger partial charge in [-0.1, -0.05) is 6.07 Å². The summed E-state index contributed by atoms with van der Waals surface area (Å²) >= 11 is 0. The molecule has 0 spiro atoms. The largest absolute Gasteiger partial charge is 0.417 e. The maximum absolute atomic E-state index is 13.0. The van der Waals surface area contributed by atoms with Crippen LogP contribution in [0.1, 0.15) is 37.7 Å². The first kappa shape index (κ1) is 25.5. The van der Waals surface area contributed by atoms with E-state index >= 15 is 0 Å². The molecule has 0 unspecified atom stereocenters. The summed E-state index contributed by atoms with van der Waals surface area (Å²) in [6.45, 7) is 3.75. The molecule has 1 aromatic carbocycles. The zero-order chi connectivity index (χ0) is 26.7. The highest BCUT2D eigenvalue weighted by atomic mass is 19.4. The van der Waals surface area contributed by atoms with Crippen molar-refractivity contribution in [2.45, 2.75) is 20.0 Å². The Morgan fingerprint density at radius 3 is 2.41 bits per heavy atom. The van der Waals surface area contributed by atoms with Crippen LogP contribution in [0.25, 0.3) is 22.4 Å². The minimum absolute atomic E-state index is 0.205. The molecule has 3 aromatic heterocycles. The van der Waals surface area contributed by atoms with E-state index in [0.29, 0.717) is 23.1 Å². The predicted molar refractivity (Wildman–Crippen MR) is 133 cm³/mol. The van der Waals surface area contributed by atoms with Gasteiger partial charge in [0.25, 0.3) is 11.8 Å². The fourth-order valence-electron chi connectivity index (χ4n) is 3.75. The number of halogens is 3. The number of anilines is 1. The molecule has 0 bridgehead atoms. The smallest absolute Gasteiger partial charge is 0.354 e. The lowest BCUT2D eigenvalue weighted by Crippen LogP contribution is -2.19. The topological polar surface area (TPSA) is 96.9 Å². The number of alkyl halides is 3. The van der Waals surface area contributed by atoms with Crippen molar-refractivity contribution < 1.29 is 22.8 Å². The van der Waals surface area contributed by atoms with Gasteiger partial charge in [0.1, 0.15) is 5.69 Å². The van der Waals surface area contributed by atoms with Gasteiger partial charge >= 0.3 is 6.18 Å². The second-order valence-electron chi connectivity index (χ2n) is 8.34. The molecular weight excluding hydrogens is 483 g/mol. The number of nitrogens with one attached hydrogen (secondary N) is 2. The second kappa shape index (κ2) is 10.2. The molecule has 0 aliphatic carbocycles. The summed E-state index contributed by atoms with van der Waals surface area (Å²) < 4.78 is 39.0. The van der Waals surface area contributed by atoms with E-state index in [1.165, 1.54) is 13.2 Å². The average molecular weight is 506 g/mol. The number of carbonyl (C=O) groups is 2. The Morgan fingerprint density at radius 1 is 0.892 bits per heavy atom. The van der Waals surface area contributed by atoms with Crippen LogP contribution in [0.15, 0.2) is 67.1 Å². The van der Waals surface area contributed by atoms with Gasteiger partial charge in [0.2, 0.25) is 0 Å². The molecule has 2 amide bonds. The standard InChI is InChI=1S/C27H22F3N5O2/c1-15-4-5-21(35-25(36)19-9-20(14-32-13-19)27(28,29)30)12-22(15)18-8-16(2)34-23(11-18)17-6-7-33-24(10-17)26(37)31-3/h4-14H,1-3H3,(H,31,37)(H,35,36). The number of aryl methyl sites for hydroxylation is 2. The number of hydrogen-bond acceptors (Lipinski definition) is 5. The third-order valence-corrected chi connectivity index (χ3v) is 5.60. The molecule has 4 aromatic rings. The average Bonchev–Trinajstić information content (AvgIpc) is 2.88. The van der Waals surface area contributed by atoms with E-state index in [1.807, 2.05) is 26.0 Å². The zero-order valence-corrected chi connectivity index (χ0v) is 20.1. The van der Waals surface area contributed by atoms with Gasteiger partial charge in [-0.2, -0.15) is 13.2 Å². The van der Waals surface area contributed by atoms with Crippen LogP contribution in [0.4, 0.5) is 18.9 Å². The van der Waals surface area contributed by atoms with Gasteiger partial charge in [0.05, 0.1) is 16.8 Å². The Kier molecular flexibility index (Phi) is 7.01. The van der Waals surface area contributed by atoms with E-state index in [0.717, 1.165) is 34.6 Å². The number of benzene rings is 1. The van der Waals surface area contributed by atoms with Gasteiger partial charge in [-0.25, -0.2) is 0 Å². The fraction of sp³-hybridized carbons (Fsp3) is 0.148. The van der Waals surface area contributed by atoms with Crippen LogP contribution in [-0.4, -0.2) is 33.8 Å². The lowest BCUT2D eigenvalue weighted by Gasteiger charge is -2.13. The maximum Gasteiger partial charge on any atom is 0.417 e. The van der Waals surface area contributed by atoms with Crippen LogP contribution in [0.2, 0.25) is 0 Å².